The second-order valence-electron chi connectivity index (χ2n) is 5.59. The van der Waals surface area contributed by atoms with Gasteiger partial charge in [-0.2, -0.15) is 0 Å². The minimum absolute atomic E-state index is 0.0447. The van der Waals surface area contributed by atoms with E-state index in [1.165, 1.54) is 0 Å². The number of amides is 1. The smallest absolute Gasteiger partial charge is 0.224 e. The first-order chi connectivity index (χ1) is 9.69. The Bertz CT molecular complexity index is 521. The lowest BCUT2D eigenvalue weighted by Gasteiger charge is -2.20. The van der Waals surface area contributed by atoms with E-state index in [9.17, 15) is 4.79 Å². The molecule has 1 aliphatic heterocycles. The fourth-order valence-electron chi connectivity index (χ4n) is 3.25. The van der Waals surface area contributed by atoms with Gasteiger partial charge in [0.2, 0.25) is 5.91 Å². The van der Waals surface area contributed by atoms with Gasteiger partial charge in [0.15, 0.2) is 0 Å². The Morgan fingerprint density at radius 2 is 2.30 bits per heavy atom. The van der Waals surface area contributed by atoms with Gasteiger partial charge in [0.1, 0.15) is 12.4 Å². The normalized spacial score (nSPS) is 28.0. The highest BCUT2D eigenvalue weighted by molar-refractivity contribution is 6.30. The Kier molecular flexibility index (Phi) is 3.85. The van der Waals surface area contributed by atoms with Crippen molar-refractivity contribution in [2.75, 3.05) is 13.2 Å². The van der Waals surface area contributed by atoms with Gasteiger partial charge in [0, 0.05) is 16.5 Å². The van der Waals surface area contributed by atoms with E-state index in [1.54, 1.807) is 6.07 Å². The van der Waals surface area contributed by atoms with Gasteiger partial charge in [-0.3, -0.25) is 4.79 Å². The van der Waals surface area contributed by atoms with Crippen molar-refractivity contribution in [1.29, 1.82) is 0 Å². The number of hydrogen-bond donors (Lipinski definition) is 2. The molecule has 1 fully saturated rings. The van der Waals surface area contributed by atoms with Gasteiger partial charge < -0.3 is 15.8 Å². The van der Waals surface area contributed by atoms with Crippen LogP contribution in [0.2, 0.25) is 5.02 Å². The zero-order valence-electron chi connectivity index (χ0n) is 11.3. The molecule has 2 aliphatic rings. The summed E-state index contributed by atoms with van der Waals surface area (Å²) in [6, 6.07) is 5.41. The van der Waals surface area contributed by atoms with E-state index in [2.05, 4.69) is 5.32 Å². The molecule has 4 nitrogen and oxygen atoms in total. The summed E-state index contributed by atoms with van der Waals surface area (Å²) in [5, 5.41) is 3.75. The number of hydrogen-bond acceptors (Lipinski definition) is 3. The van der Waals surface area contributed by atoms with E-state index in [4.69, 9.17) is 22.1 Å². The van der Waals surface area contributed by atoms with Gasteiger partial charge in [0.05, 0.1) is 6.04 Å². The topological polar surface area (TPSA) is 64.4 Å². The van der Waals surface area contributed by atoms with Crippen LogP contribution in [0.25, 0.3) is 0 Å². The van der Waals surface area contributed by atoms with Crippen molar-refractivity contribution in [2.45, 2.75) is 25.3 Å². The summed E-state index contributed by atoms with van der Waals surface area (Å²) in [6.45, 7) is 1.06. The van der Waals surface area contributed by atoms with Crippen LogP contribution in [0.3, 0.4) is 0 Å². The Balaban J connectivity index is 1.71. The molecule has 1 aromatic rings. The highest BCUT2D eigenvalue weighted by Gasteiger charge is 2.34. The summed E-state index contributed by atoms with van der Waals surface area (Å²) in [7, 11) is 0. The summed E-state index contributed by atoms with van der Waals surface area (Å²) in [6.07, 6.45) is 3.07. The average Bonchev–Trinajstić information content (AvgIpc) is 3.05. The fourth-order valence-corrected chi connectivity index (χ4v) is 3.43. The summed E-state index contributed by atoms with van der Waals surface area (Å²) in [5.74, 6) is 1.26. The predicted octanol–water partition coefficient (Wildman–Crippen LogP) is 2.26. The van der Waals surface area contributed by atoms with Crippen LogP contribution < -0.4 is 15.8 Å². The predicted molar refractivity (Wildman–Crippen MR) is 77.7 cm³/mol. The van der Waals surface area contributed by atoms with Gasteiger partial charge >= 0.3 is 0 Å². The number of ether oxygens (including phenoxy) is 1. The van der Waals surface area contributed by atoms with Crippen LogP contribution in [0.5, 0.6) is 5.75 Å². The standard InChI is InChI=1S/C15H19ClN2O2/c16-10-4-5-14-12(6-10)13(8-20-14)18-15(19)11-3-1-2-9(11)7-17/h4-6,9,11,13H,1-3,7-8,17H2,(H,18,19)/t9-,11-,13?/m1/s1. The molecule has 1 heterocycles. The van der Waals surface area contributed by atoms with Crippen molar-refractivity contribution in [2.24, 2.45) is 17.6 Å². The highest BCUT2D eigenvalue weighted by Crippen LogP contribution is 2.36. The van der Waals surface area contributed by atoms with Gasteiger partial charge in [-0.25, -0.2) is 0 Å². The van der Waals surface area contributed by atoms with Crippen LogP contribution in [0.4, 0.5) is 0 Å². The van der Waals surface area contributed by atoms with Crippen molar-refractivity contribution >= 4 is 17.5 Å². The van der Waals surface area contributed by atoms with Gasteiger partial charge in [0.25, 0.3) is 0 Å². The summed E-state index contributed by atoms with van der Waals surface area (Å²) in [5.41, 5.74) is 6.71. The van der Waals surface area contributed by atoms with Crippen molar-refractivity contribution in [3.8, 4) is 5.75 Å². The summed E-state index contributed by atoms with van der Waals surface area (Å²) < 4.78 is 5.58. The first-order valence-corrected chi connectivity index (χ1v) is 7.49. The second kappa shape index (κ2) is 5.62. The lowest BCUT2D eigenvalue weighted by molar-refractivity contribution is -0.126. The Morgan fingerprint density at radius 1 is 1.45 bits per heavy atom. The Labute approximate surface area is 123 Å². The molecule has 0 saturated heterocycles. The second-order valence-corrected chi connectivity index (χ2v) is 6.02. The van der Waals surface area contributed by atoms with Crippen LogP contribution in [0, 0.1) is 11.8 Å². The third-order valence-electron chi connectivity index (χ3n) is 4.37. The van der Waals surface area contributed by atoms with E-state index in [0.717, 1.165) is 30.6 Å². The van der Waals surface area contributed by atoms with Gasteiger partial charge in [-0.15, -0.1) is 0 Å². The maximum atomic E-state index is 12.4. The first kappa shape index (κ1) is 13.7. The molecule has 3 N–H and O–H groups in total. The van der Waals surface area contributed by atoms with Gasteiger partial charge in [-0.05, 0) is 43.5 Å². The molecule has 108 valence electrons. The third-order valence-corrected chi connectivity index (χ3v) is 4.60. The zero-order chi connectivity index (χ0) is 14.1. The monoisotopic (exact) mass is 294 g/mol. The van der Waals surface area contributed by atoms with Gasteiger partial charge in [-0.1, -0.05) is 18.0 Å². The minimum Gasteiger partial charge on any atom is -0.491 e. The van der Waals surface area contributed by atoms with E-state index < -0.39 is 0 Å². The van der Waals surface area contributed by atoms with Crippen LogP contribution in [0.1, 0.15) is 30.9 Å². The van der Waals surface area contributed by atoms with Crippen LogP contribution in [-0.4, -0.2) is 19.1 Å². The van der Waals surface area contributed by atoms with E-state index in [-0.39, 0.29) is 17.9 Å². The number of halogens is 1. The Morgan fingerprint density at radius 3 is 3.10 bits per heavy atom. The maximum absolute atomic E-state index is 12.4. The molecule has 20 heavy (non-hydrogen) atoms. The van der Waals surface area contributed by atoms with E-state index in [0.29, 0.717) is 24.1 Å². The molecule has 1 amide bonds. The van der Waals surface area contributed by atoms with Crippen molar-refractivity contribution in [1.82, 2.24) is 5.32 Å². The maximum Gasteiger partial charge on any atom is 0.224 e. The number of fused-ring (bicyclic) bond motifs is 1. The molecule has 5 heteroatoms. The summed E-state index contributed by atoms with van der Waals surface area (Å²) in [4.78, 5) is 12.4. The number of carbonyl (C=O) groups excluding carboxylic acids is 1. The molecule has 3 atom stereocenters. The number of benzene rings is 1. The fraction of sp³-hybridized carbons (Fsp3) is 0.533. The molecule has 3 rings (SSSR count). The van der Waals surface area contributed by atoms with Crippen molar-refractivity contribution in [3.05, 3.63) is 28.8 Å². The largest absolute Gasteiger partial charge is 0.491 e. The highest BCUT2D eigenvalue weighted by atomic mass is 35.5. The van der Waals surface area contributed by atoms with Crippen molar-refractivity contribution in [3.63, 3.8) is 0 Å². The lowest BCUT2D eigenvalue weighted by Crippen LogP contribution is -2.37. The molecular weight excluding hydrogens is 276 g/mol. The summed E-state index contributed by atoms with van der Waals surface area (Å²) >= 11 is 6.01. The molecule has 1 aromatic carbocycles. The number of nitrogens with one attached hydrogen (secondary N) is 1. The first-order valence-electron chi connectivity index (χ1n) is 7.11. The number of rotatable bonds is 3. The zero-order valence-corrected chi connectivity index (χ0v) is 12.0. The SMILES string of the molecule is NC[C@H]1CCC[C@H]1C(=O)NC1COc2ccc(Cl)cc21. The third kappa shape index (κ3) is 2.50. The molecule has 1 saturated carbocycles. The number of nitrogens with two attached hydrogens (primary N) is 1. The molecule has 0 spiro atoms. The average molecular weight is 295 g/mol. The van der Waals surface area contributed by atoms with Crippen LogP contribution in [-0.2, 0) is 4.79 Å². The Hall–Kier alpha value is -1.26. The number of carbonyl (C=O) groups is 1. The molecule has 0 aromatic heterocycles. The minimum atomic E-state index is -0.102. The van der Waals surface area contributed by atoms with Crippen LogP contribution >= 0.6 is 11.6 Å². The lowest BCUT2D eigenvalue weighted by atomic mass is 9.94. The quantitative estimate of drug-likeness (QED) is 0.899. The molecular formula is C15H19ClN2O2. The molecule has 0 radical (unpaired) electrons. The van der Waals surface area contributed by atoms with Crippen molar-refractivity contribution < 1.29 is 9.53 Å². The van der Waals surface area contributed by atoms with E-state index in [1.807, 2.05) is 12.1 Å². The van der Waals surface area contributed by atoms with E-state index >= 15 is 0 Å². The molecule has 1 aliphatic carbocycles. The molecule has 0 bridgehead atoms. The molecule has 1 unspecified atom stereocenters. The van der Waals surface area contributed by atoms with Crippen LogP contribution in [0.15, 0.2) is 18.2 Å².